The van der Waals surface area contributed by atoms with Gasteiger partial charge in [0.05, 0.1) is 18.2 Å². The number of nitrogens with one attached hydrogen (secondary N) is 1. The normalized spacial score (nSPS) is 12.8. The van der Waals surface area contributed by atoms with Crippen LogP contribution in [0.1, 0.15) is 18.3 Å². The number of allylic oxidation sites excluding steroid dienone is 3. The van der Waals surface area contributed by atoms with Gasteiger partial charge in [-0.1, -0.05) is 6.08 Å². The van der Waals surface area contributed by atoms with Crippen molar-refractivity contribution in [2.45, 2.75) is 6.92 Å². The Labute approximate surface area is 105 Å². The van der Waals surface area contributed by atoms with Gasteiger partial charge < -0.3 is 4.57 Å². The van der Waals surface area contributed by atoms with Crippen LogP contribution in [0.4, 0.5) is 0 Å². The monoisotopic (exact) mass is 242 g/mol. The first kappa shape index (κ1) is 12.0. The average molecular weight is 242 g/mol. The Kier molecular flexibility index (Phi) is 3.47. The van der Waals surface area contributed by atoms with Gasteiger partial charge >= 0.3 is 0 Å². The van der Waals surface area contributed by atoms with Gasteiger partial charge in [0, 0.05) is 18.8 Å². The van der Waals surface area contributed by atoms with E-state index in [1.165, 1.54) is 0 Å². The minimum Gasteiger partial charge on any atom is -0.340 e. The van der Waals surface area contributed by atoms with Crippen LogP contribution < -0.4 is 0 Å². The number of imidazole rings is 1. The number of aromatic amines is 1. The maximum atomic E-state index is 4.25. The second-order valence-electron chi connectivity index (χ2n) is 3.71. The second kappa shape index (κ2) is 5.22. The second-order valence-corrected chi connectivity index (χ2v) is 3.71. The summed E-state index contributed by atoms with van der Waals surface area (Å²) in [5.41, 5.74) is 3.15. The summed E-state index contributed by atoms with van der Waals surface area (Å²) in [6, 6.07) is 0. The average Bonchev–Trinajstić information content (AvgIpc) is 3.02. The molecule has 0 aliphatic rings. The highest BCUT2D eigenvalue weighted by atomic mass is 15.3. The number of H-pyrrole nitrogens is 1. The predicted molar refractivity (Wildman–Crippen MR) is 70.8 cm³/mol. The van der Waals surface area contributed by atoms with Gasteiger partial charge in [-0.25, -0.2) is 4.98 Å². The van der Waals surface area contributed by atoms with E-state index < -0.39 is 0 Å². The van der Waals surface area contributed by atoms with Gasteiger partial charge in [-0.3, -0.25) is 4.99 Å². The minimum absolute atomic E-state index is 0.701. The molecule has 0 saturated carbocycles. The van der Waals surface area contributed by atoms with Crippen LogP contribution in [-0.4, -0.2) is 31.7 Å². The molecule has 18 heavy (non-hydrogen) atoms. The number of nitrogens with zero attached hydrogens (tertiary/aromatic N) is 5. The number of aliphatic imine (C=N–C) groups is 1. The highest BCUT2D eigenvalue weighted by molar-refractivity contribution is 5.81. The smallest absolute Gasteiger partial charge is 0.112 e. The third-order valence-corrected chi connectivity index (χ3v) is 2.45. The van der Waals surface area contributed by atoms with Crippen molar-refractivity contribution in [1.82, 2.24) is 25.0 Å². The Morgan fingerprint density at radius 1 is 1.50 bits per heavy atom. The molecule has 0 fully saturated rings. The number of hydrogen-bond acceptors (Lipinski definition) is 4. The molecule has 0 amide bonds. The van der Waals surface area contributed by atoms with Crippen molar-refractivity contribution in [2.75, 3.05) is 0 Å². The van der Waals surface area contributed by atoms with Crippen LogP contribution in [0.25, 0.3) is 11.3 Å². The lowest BCUT2D eigenvalue weighted by Gasteiger charge is -1.99. The zero-order valence-corrected chi connectivity index (χ0v) is 10.3. The maximum Gasteiger partial charge on any atom is 0.112 e. The van der Waals surface area contributed by atoms with Crippen molar-refractivity contribution in [1.29, 1.82) is 0 Å². The van der Waals surface area contributed by atoms with Crippen molar-refractivity contribution in [3.8, 4) is 0 Å². The molecule has 0 aliphatic carbocycles. The molecule has 0 aromatic carbocycles. The van der Waals surface area contributed by atoms with Crippen molar-refractivity contribution in [3.63, 3.8) is 0 Å². The van der Waals surface area contributed by atoms with E-state index in [1.807, 2.05) is 36.9 Å². The molecular weight excluding hydrogens is 228 g/mol. The molecule has 0 radical (unpaired) electrons. The van der Waals surface area contributed by atoms with Crippen molar-refractivity contribution < 1.29 is 0 Å². The van der Waals surface area contributed by atoms with Crippen molar-refractivity contribution in [2.24, 2.45) is 12.0 Å². The lowest BCUT2D eigenvalue weighted by atomic mass is 10.1. The van der Waals surface area contributed by atoms with E-state index in [-0.39, 0.29) is 0 Å². The van der Waals surface area contributed by atoms with Crippen LogP contribution in [-0.2, 0) is 7.05 Å². The van der Waals surface area contributed by atoms with E-state index in [0.29, 0.717) is 5.70 Å². The van der Waals surface area contributed by atoms with Crippen molar-refractivity contribution in [3.05, 3.63) is 42.3 Å². The van der Waals surface area contributed by atoms with E-state index in [9.17, 15) is 0 Å². The molecule has 2 aromatic rings. The van der Waals surface area contributed by atoms with Gasteiger partial charge in [-0.15, -0.1) is 0 Å². The van der Waals surface area contributed by atoms with Gasteiger partial charge in [0.1, 0.15) is 11.4 Å². The first-order valence-corrected chi connectivity index (χ1v) is 5.43. The van der Waals surface area contributed by atoms with E-state index in [1.54, 1.807) is 12.5 Å². The number of aromatic nitrogens is 5. The number of aryl methyl sites for hydroxylation is 1. The molecule has 6 heteroatoms. The summed E-state index contributed by atoms with van der Waals surface area (Å²) in [4.78, 5) is 8.25. The van der Waals surface area contributed by atoms with Gasteiger partial charge in [0.25, 0.3) is 0 Å². The predicted octanol–water partition coefficient (Wildman–Crippen LogP) is 1.68. The fraction of sp³-hybridized carbons (Fsp3) is 0.167. The van der Waals surface area contributed by atoms with Gasteiger partial charge in [-0.05, 0) is 19.7 Å². The molecule has 2 aromatic heterocycles. The molecule has 92 valence electrons. The molecule has 6 nitrogen and oxygen atoms in total. The molecule has 0 bridgehead atoms. The Bertz CT molecular complexity index is 588. The van der Waals surface area contributed by atoms with Crippen LogP contribution in [0.5, 0.6) is 0 Å². The first-order chi connectivity index (χ1) is 8.74. The van der Waals surface area contributed by atoms with Gasteiger partial charge in [0.15, 0.2) is 0 Å². The van der Waals surface area contributed by atoms with E-state index in [4.69, 9.17) is 0 Å². The third-order valence-electron chi connectivity index (χ3n) is 2.45. The van der Waals surface area contributed by atoms with Gasteiger partial charge in [-0.2, -0.15) is 15.4 Å². The SMILES string of the molecule is C=N/C(=C\C(=C/C)c1cn[nH]n1)c1cn(C)cn1. The van der Waals surface area contributed by atoms with Gasteiger partial charge in [0.2, 0.25) is 0 Å². The first-order valence-electron chi connectivity index (χ1n) is 5.43. The largest absolute Gasteiger partial charge is 0.340 e. The molecule has 0 saturated heterocycles. The zero-order chi connectivity index (χ0) is 13.0. The summed E-state index contributed by atoms with van der Waals surface area (Å²) in [6.07, 6.45) is 9.08. The van der Waals surface area contributed by atoms with E-state index in [0.717, 1.165) is 17.0 Å². The molecule has 1 N–H and O–H groups in total. The molecule has 2 rings (SSSR count). The standard InChI is InChI=1S/C12H14N6/c1-4-9(11-6-15-17-16-11)5-10(13-2)12-7-18(3)8-14-12/h4-8H,2H2,1,3H3,(H,15,16,17)/b9-4+,10-5-. The fourth-order valence-electron chi connectivity index (χ4n) is 1.54. The molecule has 0 aliphatic heterocycles. The third kappa shape index (κ3) is 2.42. The summed E-state index contributed by atoms with van der Waals surface area (Å²) in [5, 5.41) is 10.4. The highest BCUT2D eigenvalue weighted by Gasteiger charge is 2.06. The molecule has 0 atom stereocenters. The van der Waals surface area contributed by atoms with Crippen LogP contribution in [0.2, 0.25) is 0 Å². The van der Waals surface area contributed by atoms with Crippen LogP contribution in [0.3, 0.4) is 0 Å². The Hall–Kier alpha value is -2.50. The molecule has 2 heterocycles. The Morgan fingerprint density at radius 2 is 2.33 bits per heavy atom. The fourth-order valence-corrected chi connectivity index (χ4v) is 1.54. The topological polar surface area (TPSA) is 71.8 Å². The molecular formula is C12H14N6. The summed E-state index contributed by atoms with van der Waals surface area (Å²) >= 11 is 0. The Morgan fingerprint density at radius 3 is 2.83 bits per heavy atom. The summed E-state index contributed by atoms with van der Waals surface area (Å²) in [7, 11) is 1.91. The van der Waals surface area contributed by atoms with Crippen LogP contribution >= 0.6 is 0 Å². The Balaban J connectivity index is 2.38. The summed E-state index contributed by atoms with van der Waals surface area (Å²) < 4.78 is 1.86. The number of hydrogen-bond donors (Lipinski definition) is 1. The summed E-state index contributed by atoms with van der Waals surface area (Å²) in [5.74, 6) is 0. The van der Waals surface area contributed by atoms with Crippen LogP contribution in [0, 0.1) is 0 Å². The maximum absolute atomic E-state index is 4.25. The lowest BCUT2D eigenvalue weighted by Crippen LogP contribution is -1.86. The molecule has 0 unspecified atom stereocenters. The lowest BCUT2D eigenvalue weighted by molar-refractivity contribution is 0.913. The highest BCUT2D eigenvalue weighted by Crippen LogP contribution is 2.20. The molecule has 0 spiro atoms. The quantitative estimate of drug-likeness (QED) is 0.655. The van der Waals surface area contributed by atoms with Crippen molar-refractivity contribution >= 4 is 18.0 Å². The van der Waals surface area contributed by atoms with E-state index in [2.05, 4.69) is 32.1 Å². The minimum atomic E-state index is 0.701. The van der Waals surface area contributed by atoms with Crippen LogP contribution in [0.15, 0.2) is 35.9 Å². The van der Waals surface area contributed by atoms with E-state index >= 15 is 0 Å². The number of rotatable bonds is 4. The zero-order valence-electron chi connectivity index (χ0n) is 10.3. The summed E-state index contributed by atoms with van der Waals surface area (Å²) in [6.45, 7) is 5.51.